The van der Waals surface area contributed by atoms with Gasteiger partial charge in [-0.1, -0.05) is 23.7 Å². The van der Waals surface area contributed by atoms with E-state index in [0.717, 1.165) is 5.56 Å². The average molecular weight is 281 g/mol. The highest BCUT2D eigenvalue weighted by Crippen LogP contribution is 2.24. The molecular weight excluding hydrogens is 269 g/mol. The van der Waals surface area contributed by atoms with E-state index in [1.165, 1.54) is 0 Å². The first kappa shape index (κ1) is 14.6. The maximum atomic E-state index is 11.9. The second kappa shape index (κ2) is 5.95. The molecule has 100 valence electrons. The number of para-hydroxylation sites is 1. The highest BCUT2D eigenvalue weighted by molar-refractivity contribution is 6.33. The molecule has 18 heavy (non-hydrogen) atoms. The third-order valence-electron chi connectivity index (χ3n) is 2.13. The van der Waals surface area contributed by atoms with Gasteiger partial charge in [-0.05, 0) is 18.6 Å². The van der Waals surface area contributed by atoms with Gasteiger partial charge in [-0.25, -0.2) is 0 Å². The molecule has 0 aliphatic heterocycles. The number of alkyl halides is 3. The van der Waals surface area contributed by atoms with Crippen molar-refractivity contribution in [1.82, 2.24) is 5.32 Å². The predicted molar refractivity (Wildman–Crippen MR) is 63.7 cm³/mol. The fourth-order valence-corrected chi connectivity index (χ4v) is 1.57. The molecule has 0 saturated carbocycles. The minimum atomic E-state index is -4.41. The SMILES string of the molecule is Cc1cccc(Cl)c1NCC(=O)NCC(F)(F)F. The van der Waals surface area contributed by atoms with Gasteiger partial charge in [0.25, 0.3) is 0 Å². The second-order valence-corrected chi connectivity index (χ2v) is 4.08. The third kappa shape index (κ3) is 4.83. The van der Waals surface area contributed by atoms with Crippen molar-refractivity contribution in [3.8, 4) is 0 Å². The van der Waals surface area contributed by atoms with Crippen molar-refractivity contribution in [2.45, 2.75) is 13.1 Å². The van der Waals surface area contributed by atoms with Crippen molar-refractivity contribution < 1.29 is 18.0 Å². The van der Waals surface area contributed by atoms with E-state index in [-0.39, 0.29) is 6.54 Å². The second-order valence-electron chi connectivity index (χ2n) is 3.68. The zero-order chi connectivity index (χ0) is 13.8. The molecule has 0 fully saturated rings. The summed E-state index contributed by atoms with van der Waals surface area (Å²) in [5, 5.41) is 4.88. The van der Waals surface area contributed by atoms with E-state index in [2.05, 4.69) is 5.32 Å². The van der Waals surface area contributed by atoms with Crippen LogP contribution in [0, 0.1) is 6.92 Å². The van der Waals surface area contributed by atoms with E-state index in [1.807, 2.05) is 0 Å². The van der Waals surface area contributed by atoms with Gasteiger partial charge < -0.3 is 10.6 Å². The Morgan fingerprint density at radius 1 is 1.39 bits per heavy atom. The molecule has 0 bridgehead atoms. The lowest BCUT2D eigenvalue weighted by Gasteiger charge is -2.12. The number of benzene rings is 1. The number of anilines is 1. The Balaban J connectivity index is 2.48. The van der Waals surface area contributed by atoms with E-state index in [0.29, 0.717) is 10.7 Å². The summed E-state index contributed by atoms with van der Waals surface area (Å²) >= 11 is 5.89. The summed E-state index contributed by atoms with van der Waals surface area (Å²) in [6.45, 7) is 0.178. The zero-order valence-electron chi connectivity index (χ0n) is 9.57. The lowest BCUT2D eigenvalue weighted by Crippen LogP contribution is -2.37. The summed E-state index contributed by atoms with van der Waals surface area (Å²) in [6.07, 6.45) is -4.41. The molecule has 1 rings (SSSR count). The summed E-state index contributed by atoms with van der Waals surface area (Å²) in [6, 6.07) is 5.15. The molecule has 0 aromatic heterocycles. The maximum absolute atomic E-state index is 11.9. The smallest absolute Gasteiger partial charge is 0.375 e. The van der Waals surface area contributed by atoms with Crippen molar-refractivity contribution in [3.05, 3.63) is 28.8 Å². The number of aryl methyl sites for hydroxylation is 1. The number of carbonyl (C=O) groups excluding carboxylic acids is 1. The first-order chi connectivity index (χ1) is 8.29. The van der Waals surface area contributed by atoms with Crippen molar-refractivity contribution in [2.24, 2.45) is 0 Å². The molecule has 3 nitrogen and oxygen atoms in total. The number of amides is 1. The molecule has 7 heteroatoms. The lowest BCUT2D eigenvalue weighted by atomic mass is 10.2. The maximum Gasteiger partial charge on any atom is 0.405 e. The predicted octanol–water partition coefficient (Wildman–Crippen LogP) is 2.74. The van der Waals surface area contributed by atoms with Gasteiger partial charge in [0.2, 0.25) is 5.91 Å². The van der Waals surface area contributed by atoms with Gasteiger partial charge in [0.15, 0.2) is 0 Å². The first-order valence-corrected chi connectivity index (χ1v) is 5.50. The minimum Gasteiger partial charge on any atom is -0.375 e. The van der Waals surface area contributed by atoms with Gasteiger partial charge in [-0.2, -0.15) is 13.2 Å². The number of hydrogen-bond acceptors (Lipinski definition) is 2. The highest BCUT2D eigenvalue weighted by atomic mass is 35.5. The Bertz CT molecular complexity index is 415. The van der Waals surface area contributed by atoms with Gasteiger partial charge in [0.1, 0.15) is 6.54 Å². The van der Waals surface area contributed by atoms with Crippen LogP contribution < -0.4 is 10.6 Å². The average Bonchev–Trinajstić information content (AvgIpc) is 2.25. The molecule has 2 N–H and O–H groups in total. The van der Waals surface area contributed by atoms with Gasteiger partial charge in [0, 0.05) is 0 Å². The van der Waals surface area contributed by atoms with Gasteiger partial charge in [-0.3, -0.25) is 4.79 Å². The summed E-state index contributed by atoms with van der Waals surface area (Å²) in [5.74, 6) is -0.744. The van der Waals surface area contributed by atoms with Gasteiger partial charge >= 0.3 is 6.18 Å². The third-order valence-corrected chi connectivity index (χ3v) is 2.45. The number of rotatable bonds is 4. The van der Waals surface area contributed by atoms with Crippen molar-refractivity contribution in [1.29, 1.82) is 0 Å². The fourth-order valence-electron chi connectivity index (χ4n) is 1.29. The molecular formula is C11H12ClF3N2O. The van der Waals surface area contributed by atoms with Crippen molar-refractivity contribution in [3.63, 3.8) is 0 Å². The van der Waals surface area contributed by atoms with Crippen LogP contribution in [-0.2, 0) is 4.79 Å². The van der Waals surface area contributed by atoms with Crippen LogP contribution in [0.3, 0.4) is 0 Å². The van der Waals surface area contributed by atoms with E-state index in [9.17, 15) is 18.0 Å². The molecule has 1 amide bonds. The highest BCUT2D eigenvalue weighted by Gasteiger charge is 2.27. The molecule has 0 saturated heterocycles. The Hall–Kier alpha value is -1.43. The summed E-state index contributed by atoms with van der Waals surface area (Å²) in [7, 11) is 0. The van der Waals surface area contributed by atoms with Gasteiger partial charge in [0.05, 0.1) is 17.3 Å². The van der Waals surface area contributed by atoms with Crippen LogP contribution in [0.5, 0.6) is 0 Å². The van der Waals surface area contributed by atoms with Crippen LogP contribution in [0.15, 0.2) is 18.2 Å². The van der Waals surface area contributed by atoms with Crippen LogP contribution >= 0.6 is 11.6 Å². The van der Waals surface area contributed by atoms with Crippen LogP contribution in [0.1, 0.15) is 5.56 Å². The fraction of sp³-hybridized carbons (Fsp3) is 0.364. The first-order valence-electron chi connectivity index (χ1n) is 5.12. The number of nitrogens with one attached hydrogen (secondary N) is 2. The van der Waals surface area contributed by atoms with Crippen LogP contribution in [-0.4, -0.2) is 25.2 Å². The molecule has 0 heterocycles. The lowest BCUT2D eigenvalue weighted by molar-refractivity contribution is -0.137. The van der Waals surface area contributed by atoms with Crippen LogP contribution in [0.2, 0.25) is 5.02 Å². The summed E-state index contributed by atoms with van der Waals surface area (Å²) < 4.78 is 35.6. The van der Waals surface area contributed by atoms with E-state index in [4.69, 9.17) is 11.6 Å². The Morgan fingerprint density at radius 3 is 2.61 bits per heavy atom. The standard InChI is InChI=1S/C11H12ClF3N2O/c1-7-3-2-4-8(12)10(7)16-5-9(18)17-6-11(13,14)15/h2-4,16H,5-6H2,1H3,(H,17,18). The largest absolute Gasteiger partial charge is 0.405 e. The minimum absolute atomic E-state index is 0.263. The molecule has 0 unspecified atom stereocenters. The number of carbonyl (C=O) groups is 1. The van der Waals surface area contributed by atoms with E-state index in [1.54, 1.807) is 30.4 Å². The zero-order valence-corrected chi connectivity index (χ0v) is 10.3. The molecule has 0 aliphatic rings. The molecule has 1 aromatic rings. The molecule has 0 atom stereocenters. The summed E-state index contributed by atoms with van der Waals surface area (Å²) in [4.78, 5) is 11.2. The number of halogens is 4. The Labute approximate surface area is 107 Å². The quantitative estimate of drug-likeness (QED) is 0.890. The summed E-state index contributed by atoms with van der Waals surface area (Å²) in [5.41, 5.74) is 1.35. The normalized spacial score (nSPS) is 11.2. The van der Waals surface area contributed by atoms with Gasteiger partial charge in [-0.15, -0.1) is 0 Å². The Morgan fingerprint density at radius 2 is 2.06 bits per heavy atom. The molecule has 0 aliphatic carbocycles. The van der Waals surface area contributed by atoms with Crippen LogP contribution in [0.4, 0.5) is 18.9 Å². The molecule has 0 radical (unpaired) electrons. The van der Waals surface area contributed by atoms with E-state index >= 15 is 0 Å². The topological polar surface area (TPSA) is 41.1 Å². The van der Waals surface area contributed by atoms with Crippen LogP contribution in [0.25, 0.3) is 0 Å². The Kier molecular flexibility index (Phi) is 4.84. The van der Waals surface area contributed by atoms with Crippen molar-refractivity contribution >= 4 is 23.2 Å². The monoisotopic (exact) mass is 280 g/mol. The molecule has 0 spiro atoms. The van der Waals surface area contributed by atoms with E-state index < -0.39 is 18.6 Å². The van der Waals surface area contributed by atoms with Crippen molar-refractivity contribution in [2.75, 3.05) is 18.4 Å². The molecule has 1 aromatic carbocycles. The number of hydrogen-bond donors (Lipinski definition) is 2.